The fourth-order valence-corrected chi connectivity index (χ4v) is 3.26. The molecule has 1 aliphatic carbocycles. The van der Waals surface area contributed by atoms with E-state index in [1.165, 1.54) is 0 Å². The highest BCUT2D eigenvalue weighted by Crippen LogP contribution is 2.43. The lowest BCUT2D eigenvalue weighted by Gasteiger charge is -2.37. The Morgan fingerprint density at radius 1 is 1.43 bits per heavy atom. The Morgan fingerprint density at radius 2 is 2.19 bits per heavy atom. The molecule has 0 bridgehead atoms. The van der Waals surface area contributed by atoms with Gasteiger partial charge in [-0.3, -0.25) is 4.79 Å². The summed E-state index contributed by atoms with van der Waals surface area (Å²) in [5.41, 5.74) is 0.230. The summed E-state index contributed by atoms with van der Waals surface area (Å²) in [7, 11) is 0. The standard InChI is InChI=1S/C14H16N4O2S/c1-21-11-6-3-2-5-10(11)12-15-16-17-18(12)9-14(13(19)20)7-4-8-14/h2-3,5-6H,4,7-9H2,1H3,(H,19,20). The Bertz CT molecular complexity index is 666. The predicted octanol–water partition coefficient (Wildman–Crippen LogP) is 2.32. The van der Waals surface area contributed by atoms with E-state index in [4.69, 9.17) is 0 Å². The Kier molecular flexibility index (Phi) is 3.67. The van der Waals surface area contributed by atoms with Crippen LogP contribution in [0.2, 0.25) is 0 Å². The van der Waals surface area contributed by atoms with Gasteiger partial charge in [-0.15, -0.1) is 16.9 Å². The average molecular weight is 304 g/mol. The summed E-state index contributed by atoms with van der Waals surface area (Å²) in [6.45, 7) is 0.327. The van der Waals surface area contributed by atoms with Gasteiger partial charge >= 0.3 is 5.97 Å². The maximum atomic E-state index is 11.5. The lowest BCUT2D eigenvalue weighted by molar-refractivity contribution is -0.156. The van der Waals surface area contributed by atoms with Crippen LogP contribution >= 0.6 is 11.8 Å². The van der Waals surface area contributed by atoms with Gasteiger partial charge in [0.2, 0.25) is 0 Å². The molecular weight excluding hydrogens is 288 g/mol. The van der Waals surface area contributed by atoms with E-state index in [0.717, 1.165) is 16.9 Å². The number of thioether (sulfide) groups is 1. The molecule has 1 N–H and O–H groups in total. The molecule has 21 heavy (non-hydrogen) atoms. The molecule has 7 heteroatoms. The molecule has 1 saturated carbocycles. The molecule has 1 aliphatic rings. The minimum atomic E-state index is -0.756. The van der Waals surface area contributed by atoms with E-state index >= 15 is 0 Å². The molecule has 110 valence electrons. The zero-order valence-electron chi connectivity index (χ0n) is 11.7. The normalized spacial score (nSPS) is 16.4. The van der Waals surface area contributed by atoms with E-state index in [-0.39, 0.29) is 0 Å². The van der Waals surface area contributed by atoms with E-state index in [1.807, 2.05) is 30.5 Å². The van der Waals surface area contributed by atoms with Crippen molar-refractivity contribution in [3.05, 3.63) is 24.3 Å². The number of nitrogens with zero attached hydrogens (tertiary/aromatic N) is 4. The minimum absolute atomic E-state index is 0.327. The first-order valence-electron chi connectivity index (χ1n) is 6.79. The van der Waals surface area contributed by atoms with Gasteiger partial charge in [-0.2, -0.15) is 0 Å². The SMILES string of the molecule is CSc1ccccc1-c1nnnn1CC1(C(=O)O)CCC1. The lowest BCUT2D eigenvalue weighted by Crippen LogP contribution is -2.42. The number of carboxylic acid groups (broad SMARTS) is 1. The first-order valence-corrected chi connectivity index (χ1v) is 8.02. The summed E-state index contributed by atoms with van der Waals surface area (Å²) in [6.07, 6.45) is 4.32. The van der Waals surface area contributed by atoms with Crippen LogP contribution in [-0.2, 0) is 11.3 Å². The Morgan fingerprint density at radius 3 is 2.81 bits per heavy atom. The molecule has 6 nitrogen and oxygen atoms in total. The van der Waals surface area contributed by atoms with Gasteiger partial charge in [0.1, 0.15) is 0 Å². The summed E-state index contributed by atoms with van der Waals surface area (Å²) in [4.78, 5) is 12.6. The molecule has 1 heterocycles. The van der Waals surface area contributed by atoms with Crippen LogP contribution in [0.3, 0.4) is 0 Å². The first kappa shape index (κ1) is 14.1. The molecule has 0 aliphatic heterocycles. The number of aromatic nitrogens is 4. The van der Waals surface area contributed by atoms with Gasteiger partial charge < -0.3 is 5.11 Å². The summed E-state index contributed by atoms with van der Waals surface area (Å²) < 4.78 is 1.63. The Balaban J connectivity index is 1.96. The van der Waals surface area contributed by atoms with Crippen LogP contribution in [-0.4, -0.2) is 37.5 Å². The zero-order chi connectivity index (χ0) is 14.9. The van der Waals surface area contributed by atoms with Crippen LogP contribution < -0.4 is 0 Å². The van der Waals surface area contributed by atoms with Crippen molar-refractivity contribution in [3.8, 4) is 11.4 Å². The molecule has 2 aromatic rings. The summed E-state index contributed by atoms with van der Waals surface area (Å²) >= 11 is 1.62. The van der Waals surface area contributed by atoms with E-state index in [9.17, 15) is 9.90 Å². The van der Waals surface area contributed by atoms with Gasteiger partial charge in [0, 0.05) is 10.5 Å². The molecule has 3 rings (SSSR count). The topological polar surface area (TPSA) is 80.9 Å². The minimum Gasteiger partial charge on any atom is -0.481 e. The number of tetrazole rings is 1. The molecule has 0 atom stereocenters. The predicted molar refractivity (Wildman–Crippen MR) is 79.0 cm³/mol. The van der Waals surface area contributed by atoms with Crippen molar-refractivity contribution in [3.63, 3.8) is 0 Å². The number of aliphatic carboxylic acids is 1. The van der Waals surface area contributed by atoms with Crippen molar-refractivity contribution < 1.29 is 9.90 Å². The van der Waals surface area contributed by atoms with Crippen molar-refractivity contribution in [2.75, 3.05) is 6.26 Å². The van der Waals surface area contributed by atoms with E-state index in [2.05, 4.69) is 15.5 Å². The van der Waals surface area contributed by atoms with Crippen molar-refractivity contribution in [2.24, 2.45) is 5.41 Å². The molecule has 0 spiro atoms. The van der Waals surface area contributed by atoms with Crippen LogP contribution in [0, 0.1) is 5.41 Å². The molecule has 1 aromatic carbocycles. The van der Waals surface area contributed by atoms with Crippen molar-refractivity contribution >= 4 is 17.7 Å². The Labute approximate surface area is 126 Å². The van der Waals surface area contributed by atoms with Crippen molar-refractivity contribution in [2.45, 2.75) is 30.7 Å². The third-order valence-corrected chi connectivity index (χ3v) is 4.89. The zero-order valence-corrected chi connectivity index (χ0v) is 12.5. The number of benzene rings is 1. The lowest BCUT2D eigenvalue weighted by atomic mass is 9.69. The fraction of sp³-hybridized carbons (Fsp3) is 0.429. The first-order chi connectivity index (χ1) is 10.2. The van der Waals surface area contributed by atoms with E-state index in [0.29, 0.717) is 25.2 Å². The average Bonchev–Trinajstić information content (AvgIpc) is 2.90. The van der Waals surface area contributed by atoms with Gasteiger partial charge in [0.15, 0.2) is 5.82 Å². The van der Waals surface area contributed by atoms with Crippen molar-refractivity contribution in [1.29, 1.82) is 0 Å². The van der Waals surface area contributed by atoms with E-state index in [1.54, 1.807) is 16.4 Å². The number of hydrogen-bond donors (Lipinski definition) is 1. The second-order valence-corrected chi connectivity index (χ2v) is 6.15. The largest absolute Gasteiger partial charge is 0.481 e. The quantitative estimate of drug-likeness (QED) is 0.854. The highest BCUT2D eigenvalue weighted by atomic mass is 32.2. The highest BCUT2D eigenvalue weighted by Gasteiger charge is 2.45. The second-order valence-electron chi connectivity index (χ2n) is 5.30. The summed E-state index contributed by atoms with van der Waals surface area (Å²) in [5.74, 6) is -0.124. The second kappa shape index (κ2) is 5.48. The highest BCUT2D eigenvalue weighted by molar-refractivity contribution is 7.98. The molecule has 0 amide bonds. The summed E-state index contributed by atoms with van der Waals surface area (Å²) in [6, 6.07) is 7.87. The maximum Gasteiger partial charge on any atom is 0.311 e. The van der Waals surface area contributed by atoms with Crippen LogP contribution in [0.5, 0.6) is 0 Å². The van der Waals surface area contributed by atoms with Gasteiger partial charge in [-0.25, -0.2) is 4.68 Å². The van der Waals surface area contributed by atoms with Gasteiger partial charge in [0.25, 0.3) is 0 Å². The number of carbonyl (C=O) groups is 1. The fourth-order valence-electron chi connectivity index (χ4n) is 2.66. The maximum absolute atomic E-state index is 11.5. The van der Waals surface area contributed by atoms with Crippen LogP contribution in [0.15, 0.2) is 29.2 Å². The number of rotatable bonds is 5. The third-order valence-electron chi connectivity index (χ3n) is 4.10. The molecule has 0 unspecified atom stereocenters. The van der Waals surface area contributed by atoms with Gasteiger partial charge in [0.05, 0.1) is 12.0 Å². The van der Waals surface area contributed by atoms with Crippen LogP contribution in [0.4, 0.5) is 0 Å². The van der Waals surface area contributed by atoms with Gasteiger partial charge in [-0.05, 0) is 41.7 Å². The number of carboxylic acids is 1. The Hall–Kier alpha value is -1.89. The number of hydrogen-bond acceptors (Lipinski definition) is 5. The monoisotopic (exact) mass is 304 g/mol. The molecular formula is C14H16N4O2S. The molecule has 0 saturated heterocycles. The van der Waals surface area contributed by atoms with Crippen LogP contribution in [0.1, 0.15) is 19.3 Å². The van der Waals surface area contributed by atoms with Crippen molar-refractivity contribution in [1.82, 2.24) is 20.2 Å². The summed E-state index contributed by atoms with van der Waals surface area (Å²) in [5, 5.41) is 21.3. The van der Waals surface area contributed by atoms with Crippen LogP contribution in [0.25, 0.3) is 11.4 Å². The van der Waals surface area contributed by atoms with E-state index < -0.39 is 11.4 Å². The van der Waals surface area contributed by atoms with Gasteiger partial charge in [-0.1, -0.05) is 18.6 Å². The third kappa shape index (κ3) is 2.42. The molecule has 0 radical (unpaired) electrons. The molecule has 1 fully saturated rings. The molecule has 1 aromatic heterocycles. The smallest absolute Gasteiger partial charge is 0.311 e.